The van der Waals surface area contributed by atoms with Crippen LogP contribution in [0.1, 0.15) is 112 Å². The average molecular weight is 485 g/mol. The Morgan fingerprint density at radius 2 is 1.89 bits per heavy atom. The molecule has 0 amide bonds. The summed E-state index contributed by atoms with van der Waals surface area (Å²) in [5.41, 5.74) is 2.40. The molecule has 198 valence electrons. The second-order valence-corrected chi connectivity index (χ2v) is 13.4. The number of allylic oxidation sites excluding steroid dienone is 2. The fourth-order valence-corrected chi connectivity index (χ4v) is 9.14. The highest BCUT2D eigenvalue weighted by atomic mass is 16.7. The molecule has 3 saturated carbocycles. The monoisotopic (exact) mass is 484 g/mol. The molecule has 4 rings (SSSR count). The summed E-state index contributed by atoms with van der Waals surface area (Å²) in [5, 5.41) is 0. The van der Waals surface area contributed by atoms with Crippen LogP contribution in [0.25, 0.3) is 0 Å². The van der Waals surface area contributed by atoms with E-state index in [0.29, 0.717) is 17.4 Å². The number of hydrogen-bond acceptors (Lipinski definition) is 3. The molecule has 0 aromatic rings. The van der Waals surface area contributed by atoms with Crippen molar-refractivity contribution in [1.29, 1.82) is 0 Å². The van der Waals surface area contributed by atoms with Gasteiger partial charge in [0, 0.05) is 6.42 Å². The van der Waals surface area contributed by atoms with Gasteiger partial charge in [0.05, 0.1) is 0 Å². The molecule has 0 spiro atoms. The molecule has 3 fully saturated rings. The number of rotatable bonds is 8. The highest BCUT2D eigenvalue weighted by Crippen LogP contribution is 2.67. The Morgan fingerprint density at radius 1 is 1.09 bits per heavy atom. The molecule has 0 aliphatic heterocycles. The maximum absolute atomic E-state index is 12.1. The van der Waals surface area contributed by atoms with Crippen molar-refractivity contribution in [2.45, 2.75) is 118 Å². The number of carbonyl (C=O) groups excluding carboxylic acids is 1. The zero-order valence-corrected chi connectivity index (χ0v) is 23.5. The minimum absolute atomic E-state index is 0.0274. The van der Waals surface area contributed by atoms with Crippen molar-refractivity contribution < 1.29 is 14.3 Å². The topological polar surface area (TPSA) is 35.5 Å². The second kappa shape index (κ2) is 11.0. The molecule has 0 radical (unpaired) electrons. The maximum Gasteiger partial charge on any atom is 0.508 e. The quantitative estimate of drug-likeness (QED) is 0.254. The van der Waals surface area contributed by atoms with E-state index in [-0.39, 0.29) is 6.10 Å². The summed E-state index contributed by atoms with van der Waals surface area (Å²) in [4.78, 5) is 12.1. The van der Waals surface area contributed by atoms with Gasteiger partial charge in [0.15, 0.2) is 0 Å². The molecule has 0 aromatic carbocycles. The van der Waals surface area contributed by atoms with Crippen LogP contribution in [-0.2, 0) is 9.47 Å². The third-order valence-electron chi connectivity index (χ3n) is 11.1. The Morgan fingerprint density at radius 3 is 2.63 bits per heavy atom. The molecule has 3 heteroatoms. The molecule has 0 saturated heterocycles. The first-order valence-corrected chi connectivity index (χ1v) is 14.8. The lowest BCUT2D eigenvalue weighted by molar-refractivity contribution is -0.0613. The normalized spacial score (nSPS) is 39.5. The fourth-order valence-electron chi connectivity index (χ4n) is 9.14. The van der Waals surface area contributed by atoms with Gasteiger partial charge < -0.3 is 9.47 Å². The zero-order valence-electron chi connectivity index (χ0n) is 23.5. The van der Waals surface area contributed by atoms with Crippen molar-refractivity contribution in [2.75, 3.05) is 6.61 Å². The Labute approximate surface area is 215 Å². The largest absolute Gasteiger partial charge is 0.508 e. The lowest BCUT2D eigenvalue weighted by atomic mass is 9.47. The van der Waals surface area contributed by atoms with E-state index in [1.54, 1.807) is 5.57 Å². The van der Waals surface area contributed by atoms with E-state index in [9.17, 15) is 4.79 Å². The summed E-state index contributed by atoms with van der Waals surface area (Å²) in [6.07, 6.45) is 19.9. The van der Waals surface area contributed by atoms with Crippen LogP contribution in [0.3, 0.4) is 0 Å². The molecule has 0 unspecified atom stereocenters. The SMILES string of the molecule is CC=CCOC(=O)O[C@H]1CC[C@@]2(C)C(=CC[C@H]3[C@@H]4CC[C@H]([C@H](C)CCCC(C)C)[C@@]4(C)CC[C@@H]32)C1. The van der Waals surface area contributed by atoms with E-state index >= 15 is 0 Å². The summed E-state index contributed by atoms with van der Waals surface area (Å²) < 4.78 is 10.9. The van der Waals surface area contributed by atoms with Crippen molar-refractivity contribution >= 4 is 6.16 Å². The summed E-state index contributed by atoms with van der Waals surface area (Å²) in [6.45, 7) is 14.7. The second-order valence-electron chi connectivity index (χ2n) is 13.4. The minimum atomic E-state index is -0.515. The van der Waals surface area contributed by atoms with Gasteiger partial charge in [-0.2, -0.15) is 0 Å². The molecule has 3 nitrogen and oxygen atoms in total. The van der Waals surface area contributed by atoms with E-state index in [4.69, 9.17) is 9.47 Å². The molecule has 35 heavy (non-hydrogen) atoms. The lowest BCUT2D eigenvalue weighted by Crippen LogP contribution is -2.51. The Bertz CT molecular complexity index is 797. The van der Waals surface area contributed by atoms with Gasteiger partial charge in [0.2, 0.25) is 0 Å². The van der Waals surface area contributed by atoms with Crippen molar-refractivity contribution in [1.82, 2.24) is 0 Å². The van der Waals surface area contributed by atoms with Crippen LogP contribution in [0.15, 0.2) is 23.8 Å². The Hall–Kier alpha value is -1.25. The highest BCUT2D eigenvalue weighted by Gasteiger charge is 2.59. The highest BCUT2D eigenvalue weighted by molar-refractivity contribution is 5.60. The van der Waals surface area contributed by atoms with Gasteiger partial charge in [0.1, 0.15) is 12.7 Å². The molecule has 4 aliphatic rings. The molecule has 0 aromatic heterocycles. The van der Waals surface area contributed by atoms with Crippen LogP contribution in [0.2, 0.25) is 0 Å². The molecule has 8 atom stereocenters. The van der Waals surface area contributed by atoms with Crippen LogP contribution < -0.4 is 0 Å². The van der Waals surface area contributed by atoms with Crippen LogP contribution in [-0.4, -0.2) is 18.9 Å². The Kier molecular flexibility index (Phi) is 8.43. The van der Waals surface area contributed by atoms with Crippen molar-refractivity contribution in [2.24, 2.45) is 46.3 Å². The molecular formula is C32H52O3. The van der Waals surface area contributed by atoms with Crippen LogP contribution in [0.4, 0.5) is 4.79 Å². The number of ether oxygens (including phenoxy) is 2. The molecule has 0 bridgehead atoms. The first-order valence-electron chi connectivity index (χ1n) is 14.8. The number of hydrogen-bond donors (Lipinski definition) is 0. The van der Waals surface area contributed by atoms with Crippen molar-refractivity contribution in [3.63, 3.8) is 0 Å². The van der Waals surface area contributed by atoms with Crippen LogP contribution in [0.5, 0.6) is 0 Å². The lowest BCUT2D eigenvalue weighted by Gasteiger charge is -2.58. The predicted octanol–water partition coefficient (Wildman–Crippen LogP) is 9.13. The molecule has 0 N–H and O–H groups in total. The average Bonchev–Trinajstić information content (AvgIpc) is 3.16. The molecule has 4 aliphatic carbocycles. The summed E-state index contributed by atoms with van der Waals surface area (Å²) >= 11 is 0. The maximum atomic E-state index is 12.1. The minimum Gasteiger partial charge on any atom is -0.431 e. The van der Waals surface area contributed by atoms with Gasteiger partial charge in [-0.05, 0) is 98.2 Å². The van der Waals surface area contributed by atoms with Crippen molar-refractivity contribution in [3.05, 3.63) is 23.8 Å². The Balaban J connectivity index is 1.40. The van der Waals surface area contributed by atoms with E-state index in [1.165, 1.54) is 51.4 Å². The summed E-state index contributed by atoms with van der Waals surface area (Å²) in [5.74, 6) is 5.15. The number of carbonyl (C=O) groups is 1. The summed E-state index contributed by atoms with van der Waals surface area (Å²) in [7, 11) is 0. The van der Waals surface area contributed by atoms with E-state index in [2.05, 4.69) is 40.7 Å². The number of fused-ring (bicyclic) bond motifs is 5. The molecular weight excluding hydrogens is 432 g/mol. The first kappa shape index (κ1) is 26.8. The van der Waals surface area contributed by atoms with Gasteiger partial charge in [-0.15, -0.1) is 0 Å². The summed E-state index contributed by atoms with van der Waals surface area (Å²) in [6, 6.07) is 0. The fraction of sp³-hybridized carbons (Fsp3) is 0.844. The van der Waals surface area contributed by atoms with Gasteiger partial charge >= 0.3 is 6.16 Å². The smallest absolute Gasteiger partial charge is 0.431 e. The zero-order chi connectivity index (χ0) is 25.2. The van der Waals surface area contributed by atoms with Gasteiger partial charge in [-0.25, -0.2) is 4.79 Å². The predicted molar refractivity (Wildman–Crippen MR) is 144 cm³/mol. The standard InChI is InChI=1S/C32H52O3/c1-7-8-20-34-30(33)35-25-16-18-31(5)24(21-25)12-13-26-28-15-14-27(23(4)11-9-10-22(2)3)32(28,6)19-17-29(26)31/h7-8,12,22-23,25-29H,9-11,13-21H2,1-6H3/t23-,25+,26+,27-,28+,29+,31+,32-/m1/s1. The van der Waals surface area contributed by atoms with Gasteiger partial charge in [-0.1, -0.05) is 77.7 Å². The van der Waals surface area contributed by atoms with Gasteiger partial charge in [0.25, 0.3) is 0 Å². The first-order chi connectivity index (χ1) is 16.7. The van der Waals surface area contributed by atoms with Gasteiger partial charge in [-0.3, -0.25) is 0 Å². The molecule has 0 heterocycles. The van der Waals surface area contributed by atoms with E-state index in [0.717, 1.165) is 54.8 Å². The third-order valence-corrected chi connectivity index (χ3v) is 11.1. The van der Waals surface area contributed by atoms with Crippen molar-refractivity contribution in [3.8, 4) is 0 Å². The van der Waals surface area contributed by atoms with E-state index in [1.807, 2.05) is 19.1 Å². The van der Waals surface area contributed by atoms with E-state index < -0.39 is 6.16 Å². The third kappa shape index (κ3) is 5.40. The van der Waals surface area contributed by atoms with Crippen LogP contribution in [0, 0.1) is 46.3 Å². The van der Waals surface area contributed by atoms with Crippen LogP contribution >= 0.6 is 0 Å².